The summed E-state index contributed by atoms with van der Waals surface area (Å²) >= 11 is 0. The van der Waals surface area contributed by atoms with E-state index >= 15 is 0 Å². The van der Waals surface area contributed by atoms with Crippen molar-refractivity contribution in [3.05, 3.63) is 54.0 Å². The van der Waals surface area contributed by atoms with Crippen molar-refractivity contribution < 1.29 is 19.1 Å². The molecule has 4 N–H and O–H groups in total. The maximum Gasteiger partial charge on any atom is 0.258 e. The van der Waals surface area contributed by atoms with Crippen molar-refractivity contribution in [1.29, 1.82) is 0 Å². The topological polar surface area (TPSA) is 106 Å². The van der Waals surface area contributed by atoms with Gasteiger partial charge in [0.2, 0.25) is 5.91 Å². The van der Waals surface area contributed by atoms with Crippen molar-refractivity contribution in [3.8, 4) is 0 Å². The normalized spacial score (nSPS) is 11.8. The molecule has 0 spiro atoms. The molecule has 1 aromatic heterocycles. The fraction of sp³-hybridized carbons (Fsp3) is 0.143. The first kappa shape index (κ1) is 13.8. The van der Waals surface area contributed by atoms with Crippen LogP contribution in [-0.2, 0) is 4.79 Å². The number of amides is 2. The average Bonchev–Trinajstić information content (AvgIpc) is 2.92. The number of nitrogens with one attached hydrogen (secondary N) is 1. The highest BCUT2D eigenvalue weighted by molar-refractivity contribution is 6.04. The first-order valence-corrected chi connectivity index (χ1v) is 5.96. The molecule has 0 saturated carbocycles. The van der Waals surface area contributed by atoms with Crippen LogP contribution in [0.4, 0.5) is 5.69 Å². The van der Waals surface area contributed by atoms with Gasteiger partial charge in [-0.3, -0.25) is 9.59 Å². The highest BCUT2D eigenvalue weighted by Crippen LogP contribution is 2.20. The molecule has 0 aliphatic rings. The third kappa shape index (κ3) is 3.46. The number of primary amides is 1. The SMILES string of the molecule is NC(=O)CC(O)c1cccc(NC(=O)c2ccoc2)c1. The van der Waals surface area contributed by atoms with Crippen molar-refractivity contribution in [2.24, 2.45) is 5.73 Å². The van der Waals surface area contributed by atoms with Crippen molar-refractivity contribution in [1.82, 2.24) is 0 Å². The largest absolute Gasteiger partial charge is 0.472 e. The number of anilines is 1. The zero-order chi connectivity index (χ0) is 14.5. The van der Waals surface area contributed by atoms with Crippen molar-refractivity contribution in [3.63, 3.8) is 0 Å². The summed E-state index contributed by atoms with van der Waals surface area (Å²) < 4.78 is 4.83. The molecule has 2 aromatic rings. The predicted molar refractivity (Wildman–Crippen MR) is 71.9 cm³/mol. The average molecular weight is 274 g/mol. The smallest absolute Gasteiger partial charge is 0.258 e. The van der Waals surface area contributed by atoms with Crippen LogP contribution in [-0.4, -0.2) is 16.9 Å². The Balaban J connectivity index is 2.10. The van der Waals surface area contributed by atoms with Crippen molar-refractivity contribution in [2.45, 2.75) is 12.5 Å². The Morgan fingerprint density at radius 1 is 1.35 bits per heavy atom. The standard InChI is InChI=1S/C14H14N2O4/c15-13(18)7-12(17)9-2-1-3-11(6-9)16-14(19)10-4-5-20-8-10/h1-6,8,12,17H,7H2,(H2,15,18)(H,16,19). The fourth-order valence-electron chi connectivity index (χ4n) is 1.73. The Labute approximate surface area is 115 Å². The van der Waals surface area contributed by atoms with E-state index in [-0.39, 0.29) is 12.3 Å². The first-order valence-electron chi connectivity index (χ1n) is 5.96. The molecule has 0 saturated heterocycles. The molecule has 104 valence electrons. The lowest BCUT2D eigenvalue weighted by Crippen LogP contribution is -2.15. The third-order valence-corrected chi connectivity index (χ3v) is 2.71. The number of rotatable bonds is 5. The van der Waals surface area contributed by atoms with Crippen LogP contribution in [0.2, 0.25) is 0 Å². The summed E-state index contributed by atoms with van der Waals surface area (Å²) in [6, 6.07) is 8.14. The molecular weight excluding hydrogens is 260 g/mol. The maximum atomic E-state index is 11.8. The molecule has 20 heavy (non-hydrogen) atoms. The summed E-state index contributed by atoms with van der Waals surface area (Å²) in [7, 11) is 0. The van der Waals surface area contributed by atoms with E-state index in [1.807, 2.05) is 0 Å². The van der Waals surface area contributed by atoms with Gasteiger partial charge in [-0.15, -0.1) is 0 Å². The van der Waals surface area contributed by atoms with Gasteiger partial charge in [-0.2, -0.15) is 0 Å². The van der Waals surface area contributed by atoms with Gasteiger partial charge in [-0.25, -0.2) is 0 Å². The second-order valence-electron chi connectivity index (χ2n) is 4.28. The van der Waals surface area contributed by atoms with E-state index in [1.54, 1.807) is 30.3 Å². The number of furan rings is 1. The Kier molecular flexibility index (Phi) is 4.17. The Hall–Kier alpha value is -2.60. The molecule has 6 nitrogen and oxygen atoms in total. The molecule has 2 rings (SSSR count). The number of aliphatic hydroxyl groups is 1. The lowest BCUT2D eigenvalue weighted by molar-refractivity contribution is -0.119. The number of carbonyl (C=O) groups excluding carboxylic acids is 2. The molecule has 0 bridgehead atoms. The van der Waals surface area contributed by atoms with E-state index in [0.717, 1.165) is 0 Å². The zero-order valence-corrected chi connectivity index (χ0v) is 10.6. The first-order chi connectivity index (χ1) is 9.56. The van der Waals surface area contributed by atoms with Crippen LogP contribution in [0.25, 0.3) is 0 Å². The van der Waals surface area contributed by atoms with E-state index in [1.165, 1.54) is 12.5 Å². The van der Waals surface area contributed by atoms with E-state index in [9.17, 15) is 14.7 Å². The summed E-state index contributed by atoms with van der Waals surface area (Å²) in [6.07, 6.45) is 1.58. The summed E-state index contributed by atoms with van der Waals surface area (Å²) in [4.78, 5) is 22.6. The van der Waals surface area contributed by atoms with Gasteiger partial charge < -0.3 is 20.6 Å². The Morgan fingerprint density at radius 3 is 2.80 bits per heavy atom. The van der Waals surface area contributed by atoms with Crippen LogP contribution in [0.5, 0.6) is 0 Å². The third-order valence-electron chi connectivity index (χ3n) is 2.71. The summed E-state index contributed by atoms with van der Waals surface area (Å²) in [5, 5.41) is 12.5. The molecule has 0 aliphatic carbocycles. The molecule has 2 amide bonds. The molecular formula is C14H14N2O4. The van der Waals surface area contributed by atoms with Gasteiger partial charge in [0.1, 0.15) is 6.26 Å². The van der Waals surface area contributed by atoms with Crippen molar-refractivity contribution >= 4 is 17.5 Å². The van der Waals surface area contributed by atoms with Gasteiger partial charge in [0, 0.05) is 5.69 Å². The Morgan fingerprint density at radius 2 is 2.15 bits per heavy atom. The van der Waals surface area contributed by atoms with Crippen LogP contribution < -0.4 is 11.1 Å². The minimum Gasteiger partial charge on any atom is -0.472 e. The lowest BCUT2D eigenvalue weighted by atomic mass is 10.1. The summed E-state index contributed by atoms with van der Waals surface area (Å²) in [5.74, 6) is -0.911. The molecule has 1 unspecified atom stereocenters. The highest BCUT2D eigenvalue weighted by Gasteiger charge is 2.12. The van der Waals surface area contributed by atoms with E-state index in [2.05, 4.69) is 5.32 Å². The molecule has 1 atom stereocenters. The van der Waals surface area contributed by atoms with Crippen LogP contribution in [0, 0.1) is 0 Å². The summed E-state index contributed by atoms with van der Waals surface area (Å²) in [5.41, 5.74) is 6.45. The molecule has 0 radical (unpaired) electrons. The Bertz CT molecular complexity index is 607. The molecule has 0 fully saturated rings. The number of nitrogens with two attached hydrogens (primary N) is 1. The number of carbonyl (C=O) groups is 2. The fourth-order valence-corrected chi connectivity index (χ4v) is 1.73. The second-order valence-corrected chi connectivity index (χ2v) is 4.28. The quantitative estimate of drug-likeness (QED) is 0.767. The minimum atomic E-state index is -0.988. The number of aliphatic hydroxyl groups excluding tert-OH is 1. The molecule has 1 aromatic carbocycles. The maximum absolute atomic E-state index is 11.8. The second kappa shape index (κ2) is 6.03. The number of hydrogen-bond acceptors (Lipinski definition) is 4. The van der Waals surface area contributed by atoms with Crippen molar-refractivity contribution in [2.75, 3.05) is 5.32 Å². The van der Waals surface area contributed by atoms with Gasteiger partial charge in [0.05, 0.1) is 24.4 Å². The van der Waals surface area contributed by atoms with Gasteiger partial charge in [0.15, 0.2) is 0 Å². The van der Waals surface area contributed by atoms with Crippen LogP contribution in [0.1, 0.15) is 28.4 Å². The summed E-state index contributed by atoms with van der Waals surface area (Å²) in [6.45, 7) is 0. The molecule has 0 aliphatic heterocycles. The van der Waals surface area contributed by atoms with E-state index in [0.29, 0.717) is 16.8 Å². The predicted octanol–water partition coefficient (Wildman–Crippen LogP) is 1.44. The number of hydrogen-bond donors (Lipinski definition) is 3. The van der Waals surface area contributed by atoms with Gasteiger partial charge >= 0.3 is 0 Å². The van der Waals surface area contributed by atoms with Crippen LogP contribution in [0.3, 0.4) is 0 Å². The lowest BCUT2D eigenvalue weighted by Gasteiger charge is -2.11. The minimum absolute atomic E-state index is 0.168. The van der Waals surface area contributed by atoms with Gasteiger partial charge in [-0.05, 0) is 23.8 Å². The van der Waals surface area contributed by atoms with E-state index < -0.39 is 12.0 Å². The zero-order valence-electron chi connectivity index (χ0n) is 10.6. The number of benzene rings is 1. The molecule has 1 heterocycles. The van der Waals surface area contributed by atoms with Gasteiger partial charge in [0.25, 0.3) is 5.91 Å². The van der Waals surface area contributed by atoms with Crippen LogP contribution in [0.15, 0.2) is 47.3 Å². The van der Waals surface area contributed by atoms with E-state index in [4.69, 9.17) is 10.2 Å². The monoisotopic (exact) mass is 274 g/mol. The van der Waals surface area contributed by atoms with Gasteiger partial charge in [-0.1, -0.05) is 12.1 Å². The highest BCUT2D eigenvalue weighted by atomic mass is 16.3. The molecule has 6 heteroatoms. The van der Waals surface area contributed by atoms with Crippen LogP contribution >= 0.6 is 0 Å².